The number of likely N-dealkylation sites (tertiary alicyclic amines) is 1. The van der Waals surface area contributed by atoms with Crippen LogP contribution in [0.4, 0.5) is 9.18 Å². The van der Waals surface area contributed by atoms with E-state index in [4.69, 9.17) is 4.74 Å². The molecule has 1 aliphatic heterocycles. The molecule has 2 aromatic carbocycles. The number of benzene rings is 2. The van der Waals surface area contributed by atoms with Crippen molar-refractivity contribution in [1.29, 1.82) is 0 Å². The van der Waals surface area contributed by atoms with Gasteiger partial charge in [-0.2, -0.15) is 5.10 Å². The van der Waals surface area contributed by atoms with Gasteiger partial charge in [-0.05, 0) is 114 Å². The lowest BCUT2D eigenvalue weighted by atomic mass is 9.80. The van der Waals surface area contributed by atoms with Crippen LogP contribution < -0.4 is 5.32 Å². The average molecular weight is 622 g/mol. The number of amides is 2. The molecule has 2 aliphatic rings. The van der Waals surface area contributed by atoms with E-state index in [-0.39, 0.29) is 24.1 Å². The second-order valence-corrected chi connectivity index (χ2v) is 14.2. The van der Waals surface area contributed by atoms with E-state index >= 15 is 0 Å². The third-order valence-electron chi connectivity index (χ3n) is 9.19. The molecule has 3 aromatic rings. The second kappa shape index (κ2) is 12.7. The van der Waals surface area contributed by atoms with Crippen molar-refractivity contribution in [3.63, 3.8) is 0 Å². The van der Waals surface area contributed by atoms with Crippen LogP contribution in [-0.2, 0) is 17.4 Å². The van der Waals surface area contributed by atoms with Crippen molar-refractivity contribution in [2.24, 2.45) is 13.0 Å². The summed E-state index contributed by atoms with van der Waals surface area (Å²) in [6.07, 6.45) is 5.24. The van der Waals surface area contributed by atoms with E-state index in [1.807, 2.05) is 60.7 Å². The number of hydrogen-bond acceptors (Lipinski definition) is 6. The van der Waals surface area contributed by atoms with E-state index in [9.17, 15) is 19.1 Å². The molecule has 9 nitrogen and oxygen atoms in total. The Kier molecular flexibility index (Phi) is 9.29. The molecule has 5 rings (SSSR count). The maximum absolute atomic E-state index is 14.6. The van der Waals surface area contributed by atoms with Crippen molar-refractivity contribution in [3.8, 4) is 11.1 Å². The summed E-state index contributed by atoms with van der Waals surface area (Å²) >= 11 is 0. The lowest BCUT2D eigenvalue weighted by Crippen LogP contribution is -2.60. The first kappa shape index (κ1) is 32.9. The lowest BCUT2D eigenvalue weighted by molar-refractivity contribution is -0.110. The number of carbonyl (C=O) groups is 2. The van der Waals surface area contributed by atoms with Crippen molar-refractivity contribution in [2.45, 2.75) is 90.5 Å². The molecule has 0 bridgehead atoms. The van der Waals surface area contributed by atoms with Crippen molar-refractivity contribution in [1.82, 2.24) is 24.9 Å². The molecule has 45 heavy (non-hydrogen) atoms. The molecule has 2 N–H and O–H groups in total. The first-order chi connectivity index (χ1) is 21.2. The maximum atomic E-state index is 14.6. The van der Waals surface area contributed by atoms with Gasteiger partial charge in [-0.25, -0.2) is 9.18 Å². The molecule has 0 spiro atoms. The first-order valence-electron chi connectivity index (χ1n) is 16.2. The summed E-state index contributed by atoms with van der Waals surface area (Å²) in [6, 6.07) is 8.37. The van der Waals surface area contributed by atoms with E-state index in [2.05, 4.69) is 15.3 Å². The SMILES string of the molecule is CCN(C(=O)c1cc(F)ccc1-c1cc(C2(O)CN(CC3CCC(NC(=O)OC(C)(C)C)CC3)C2)cc2c1cnn2C)C(C)C. The molecule has 0 unspecified atom stereocenters. The van der Waals surface area contributed by atoms with Gasteiger partial charge in [0.15, 0.2) is 0 Å². The largest absolute Gasteiger partial charge is 0.444 e. The Bertz CT molecular complexity index is 1550. The summed E-state index contributed by atoms with van der Waals surface area (Å²) in [6.45, 7) is 13.8. The zero-order valence-corrected chi connectivity index (χ0v) is 27.7. The minimum atomic E-state index is -1.06. The van der Waals surface area contributed by atoms with Crippen LogP contribution in [0.5, 0.6) is 0 Å². The smallest absolute Gasteiger partial charge is 0.407 e. The minimum absolute atomic E-state index is 0.0404. The van der Waals surface area contributed by atoms with Gasteiger partial charge < -0.3 is 20.1 Å². The van der Waals surface area contributed by atoms with E-state index in [1.54, 1.807) is 21.8 Å². The number of aromatic nitrogens is 2. The van der Waals surface area contributed by atoms with E-state index in [0.29, 0.717) is 36.7 Å². The first-order valence-corrected chi connectivity index (χ1v) is 16.2. The molecule has 1 saturated heterocycles. The highest BCUT2D eigenvalue weighted by molar-refractivity contribution is 6.05. The summed E-state index contributed by atoms with van der Waals surface area (Å²) in [5, 5.41) is 20.2. The quantitative estimate of drug-likeness (QED) is 0.328. The highest BCUT2D eigenvalue weighted by atomic mass is 19.1. The fourth-order valence-corrected chi connectivity index (χ4v) is 6.90. The molecule has 1 saturated carbocycles. The Morgan fingerprint density at radius 3 is 2.44 bits per heavy atom. The van der Waals surface area contributed by atoms with Crippen molar-refractivity contribution in [2.75, 3.05) is 26.2 Å². The molecular weight excluding hydrogens is 573 g/mol. The van der Waals surface area contributed by atoms with Gasteiger partial charge in [-0.3, -0.25) is 14.4 Å². The molecule has 1 aliphatic carbocycles. The Morgan fingerprint density at radius 2 is 1.82 bits per heavy atom. The van der Waals surface area contributed by atoms with Crippen LogP contribution in [0.1, 0.15) is 83.1 Å². The molecule has 244 valence electrons. The Hall–Kier alpha value is -3.50. The molecular formula is C35H48FN5O4. The Labute approximate surface area is 265 Å². The minimum Gasteiger partial charge on any atom is -0.444 e. The predicted molar refractivity (Wildman–Crippen MR) is 173 cm³/mol. The van der Waals surface area contributed by atoms with Crippen LogP contribution in [0.15, 0.2) is 36.5 Å². The third-order valence-corrected chi connectivity index (χ3v) is 9.19. The molecule has 2 heterocycles. The fourth-order valence-electron chi connectivity index (χ4n) is 6.90. The summed E-state index contributed by atoms with van der Waals surface area (Å²) in [5.74, 6) is -0.200. The normalized spacial score (nSPS) is 20.2. The van der Waals surface area contributed by atoms with E-state index in [1.165, 1.54) is 12.1 Å². The third kappa shape index (κ3) is 7.17. The van der Waals surface area contributed by atoms with Gasteiger partial charge in [0.25, 0.3) is 5.91 Å². The highest BCUT2D eigenvalue weighted by Gasteiger charge is 2.44. The monoisotopic (exact) mass is 621 g/mol. The standard InChI is InChI=1S/C35H48FN5O4/c1-8-41(22(2)3)32(42)29-17-25(36)11-14-27(29)28-15-24(16-31-30(28)18-37-39(31)7)35(44)20-40(21-35)19-23-9-12-26(13-10-23)38-33(43)45-34(4,5)6/h11,14-18,22-23,26,44H,8-10,12-13,19-21H2,1-7H3,(H,38,43). The van der Waals surface area contributed by atoms with Gasteiger partial charge >= 0.3 is 6.09 Å². The van der Waals surface area contributed by atoms with Crippen LogP contribution in [0.2, 0.25) is 0 Å². The van der Waals surface area contributed by atoms with E-state index < -0.39 is 17.0 Å². The Morgan fingerprint density at radius 1 is 1.13 bits per heavy atom. The highest BCUT2D eigenvalue weighted by Crippen LogP contribution is 2.40. The number of aliphatic hydroxyl groups is 1. The van der Waals surface area contributed by atoms with Gasteiger partial charge in [0.1, 0.15) is 17.0 Å². The number of fused-ring (bicyclic) bond motifs is 1. The Balaban J connectivity index is 1.32. The molecule has 0 radical (unpaired) electrons. The predicted octanol–water partition coefficient (Wildman–Crippen LogP) is 5.84. The summed E-state index contributed by atoms with van der Waals surface area (Å²) in [7, 11) is 1.86. The van der Waals surface area contributed by atoms with Crippen LogP contribution in [0.25, 0.3) is 22.0 Å². The number of halogens is 1. The van der Waals surface area contributed by atoms with Crippen LogP contribution in [0, 0.1) is 11.7 Å². The molecule has 2 amide bonds. The molecule has 1 aromatic heterocycles. The zero-order valence-electron chi connectivity index (χ0n) is 27.7. The maximum Gasteiger partial charge on any atom is 0.407 e. The number of nitrogens with zero attached hydrogens (tertiary/aromatic N) is 4. The van der Waals surface area contributed by atoms with Crippen LogP contribution in [0.3, 0.4) is 0 Å². The van der Waals surface area contributed by atoms with Crippen molar-refractivity contribution >= 4 is 22.9 Å². The van der Waals surface area contributed by atoms with Gasteiger partial charge in [0.2, 0.25) is 0 Å². The van der Waals surface area contributed by atoms with Crippen LogP contribution >= 0.6 is 0 Å². The van der Waals surface area contributed by atoms with Crippen molar-refractivity contribution < 1.29 is 23.8 Å². The second-order valence-electron chi connectivity index (χ2n) is 14.2. The van der Waals surface area contributed by atoms with E-state index in [0.717, 1.165) is 54.3 Å². The van der Waals surface area contributed by atoms with Gasteiger partial charge in [0, 0.05) is 50.7 Å². The van der Waals surface area contributed by atoms with Crippen LogP contribution in [-0.4, -0.2) is 80.6 Å². The summed E-state index contributed by atoms with van der Waals surface area (Å²) in [5.41, 5.74) is 1.70. The number of rotatable bonds is 8. The number of carbonyl (C=O) groups excluding carboxylic acids is 2. The topological polar surface area (TPSA) is 99.9 Å². The number of aryl methyl sites for hydroxylation is 1. The summed E-state index contributed by atoms with van der Waals surface area (Å²) < 4.78 is 21.7. The molecule has 0 atom stereocenters. The number of hydrogen-bond donors (Lipinski definition) is 2. The number of β-amino-alcohol motifs (C(OH)–C–C–N with tert-alkyl or cyclic N) is 1. The van der Waals surface area contributed by atoms with Gasteiger partial charge in [-0.15, -0.1) is 0 Å². The van der Waals surface area contributed by atoms with Crippen molar-refractivity contribution in [3.05, 3.63) is 53.5 Å². The summed E-state index contributed by atoms with van der Waals surface area (Å²) in [4.78, 5) is 29.9. The average Bonchev–Trinajstić information content (AvgIpc) is 3.32. The number of ether oxygens (including phenoxy) is 1. The number of nitrogens with one attached hydrogen (secondary N) is 1. The molecule has 10 heteroatoms. The van der Waals surface area contributed by atoms with Gasteiger partial charge in [0.05, 0.1) is 17.3 Å². The fraction of sp³-hybridized carbons (Fsp3) is 0.571. The number of alkyl carbamates (subject to hydrolysis) is 1. The lowest BCUT2D eigenvalue weighted by Gasteiger charge is -2.48. The van der Waals surface area contributed by atoms with Gasteiger partial charge in [-0.1, -0.05) is 6.07 Å². The zero-order chi connectivity index (χ0) is 32.7. The molecule has 2 fully saturated rings.